The topological polar surface area (TPSA) is 56.9 Å². The molecule has 6 heteroatoms. The molecule has 2 aromatic carbocycles. The molecular weight excluding hydrogens is 434 g/mol. The van der Waals surface area contributed by atoms with E-state index in [1.54, 1.807) is 11.3 Å². The Morgan fingerprint density at radius 2 is 1.94 bits per heavy atom. The molecule has 1 atom stereocenters. The van der Waals surface area contributed by atoms with Crippen molar-refractivity contribution >= 4 is 40.8 Å². The molecule has 1 aliphatic carbocycles. The van der Waals surface area contributed by atoms with E-state index in [1.807, 2.05) is 35.8 Å². The minimum atomic E-state index is -0.0232. The molecule has 3 N–H and O–H groups in total. The number of thiophene rings is 1. The molecule has 5 rings (SSSR count). The number of carbonyl (C=O) groups is 1. The zero-order valence-corrected chi connectivity index (χ0v) is 19.5. The number of benzene rings is 2. The van der Waals surface area contributed by atoms with Crippen LogP contribution in [0.25, 0.3) is 22.0 Å². The summed E-state index contributed by atoms with van der Waals surface area (Å²) in [5.41, 5.74) is 5.08. The third-order valence-electron chi connectivity index (χ3n) is 6.07. The molecule has 0 spiro atoms. The van der Waals surface area contributed by atoms with Crippen LogP contribution in [0.1, 0.15) is 35.2 Å². The third kappa shape index (κ3) is 4.77. The van der Waals surface area contributed by atoms with Gasteiger partial charge in [-0.05, 0) is 61.4 Å². The number of rotatable bonds is 9. The molecule has 4 nitrogen and oxygen atoms in total. The van der Waals surface area contributed by atoms with E-state index in [0.29, 0.717) is 11.6 Å². The molecule has 0 saturated heterocycles. The van der Waals surface area contributed by atoms with E-state index in [9.17, 15) is 4.79 Å². The first-order valence-electron chi connectivity index (χ1n) is 11.1. The second-order valence-electron chi connectivity index (χ2n) is 8.44. The summed E-state index contributed by atoms with van der Waals surface area (Å²) in [6, 6.07) is 19.2. The Labute approximate surface area is 197 Å². The fraction of sp³-hybridized carbons (Fsp3) is 0.269. The normalized spacial score (nSPS) is 14.5. The largest absolute Gasteiger partial charge is 0.361 e. The van der Waals surface area contributed by atoms with Crippen molar-refractivity contribution in [2.45, 2.75) is 42.0 Å². The fourth-order valence-corrected chi connectivity index (χ4v) is 5.24. The van der Waals surface area contributed by atoms with Crippen molar-refractivity contribution in [3.63, 3.8) is 0 Å². The summed E-state index contributed by atoms with van der Waals surface area (Å²) in [6.07, 6.45) is 6.17. The van der Waals surface area contributed by atoms with Crippen LogP contribution in [-0.4, -0.2) is 29.5 Å². The van der Waals surface area contributed by atoms with Crippen molar-refractivity contribution in [2.24, 2.45) is 0 Å². The van der Waals surface area contributed by atoms with Gasteiger partial charge in [-0.25, -0.2) is 0 Å². The van der Waals surface area contributed by atoms with Gasteiger partial charge in [-0.15, -0.1) is 24.0 Å². The van der Waals surface area contributed by atoms with Gasteiger partial charge in [-0.3, -0.25) is 4.79 Å². The Hall–Kier alpha value is -2.54. The van der Waals surface area contributed by atoms with Crippen molar-refractivity contribution in [3.05, 3.63) is 77.3 Å². The van der Waals surface area contributed by atoms with Gasteiger partial charge in [-0.1, -0.05) is 36.4 Å². The van der Waals surface area contributed by atoms with Crippen LogP contribution in [0, 0.1) is 0 Å². The van der Waals surface area contributed by atoms with Gasteiger partial charge in [0.1, 0.15) is 0 Å². The van der Waals surface area contributed by atoms with Crippen molar-refractivity contribution in [1.29, 1.82) is 0 Å². The van der Waals surface area contributed by atoms with Crippen LogP contribution in [0.5, 0.6) is 0 Å². The number of hydrogen-bond acceptors (Lipinski definition) is 4. The van der Waals surface area contributed by atoms with Crippen LogP contribution < -0.4 is 10.6 Å². The predicted octanol–water partition coefficient (Wildman–Crippen LogP) is 5.67. The Balaban J connectivity index is 1.37. The van der Waals surface area contributed by atoms with Crippen molar-refractivity contribution in [1.82, 2.24) is 15.6 Å². The van der Waals surface area contributed by atoms with Gasteiger partial charge in [0, 0.05) is 40.4 Å². The summed E-state index contributed by atoms with van der Waals surface area (Å²) in [6.45, 7) is 0.920. The minimum absolute atomic E-state index is 0.0232. The molecule has 164 valence electrons. The van der Waals surface area contributed by atoms with Crippen molar-refractivity contribution in [3.8, 4) is 11.1 Å². The zero-order chi connectivity index (χ0) is 21.9. The smallest absolute Gasteiger partial charge is 0.252 e. The highest BCUT2D eigenvalue weighted by molar-refractivity contribution is 7.83. The molecule has 0 bridgehead atoms. The monoisotopic (exact) mass is 461 g/mol. The van der Waals surface area contributed by atoms with E-state index in [4.69, 9.17) is 0 Å². The number of aromatic amines is 1. The summed E-state index contributed by atoms with van der Waals surface area (Å²) in [4.78, 5) is 16.7. The number of thiol groups is 1. The lowest BCUT2D eigenvalue weighted by Gasteiger charge is -2.20. The maximum absolute atomic E-state index is 13.4. The van der Waals surface area contributed by atoms with Gasteiger partial charge >= 0.3 is 0 Å². The van der Waals surface area contributed by atoms with Crippen LogP contribution in [-0.2, 0) is 6.42 Å². The number of nitrogens with one attached hydrogen (secondary N) is 3. The maximum atomic E-state index is 13.4. The van der Waals surface area contributed by atoms with Crippen LogP contribution >= 0.6 is 24.0 Å². The maximum Gasteiger partial charge on any atom is 0.252 e. The lowest BCUT2D eigenvalue weighted by Crippen LogP contribution is -2.39. The van der Waals surface area contributed by atoms with E-state index in [0.717, 1.165) is 45.6 Å². The van der Waals surface area contributed by atoms with Crippen molar-refractivity contribution < 1.29 is 4.79 Å². The van der Waals surface area contributed by atoms with E-state index < -0.39 is 0 Å². The molecule has 4 aromatic rings. The van der Waals surface area contributed by atoms with Gasteiger partial charge in [0.2, 0.25) is 0 Å². The summed E-state index contributed by atoms with van der Waals surface area (Å²) in [5, 5.41) is 9.87. The van der Waals surface area contributed by atoms with E-state index >= 15 is 0 Å². The second-order valence-corrected chi connectivity index (χ2v) is 10.1. The van der Waals surface area contributed by atoms with Crippen LogP contribution in [0.4, 0.5) is 0 Å². The summed E-state index contributed by atoms with van der Waals surface area (Å²) in [5.74, 6) is -0.0232. The molecule has 1 aliphatic rings. The Morgan fingerprint density at radius 3 is 2.69 bits per heavy atom. The first-order chi connectivity index (χ1) is 15.7. The Kier molecular flexibility index (Phi) is 6.35. The summed E-state index contributed by atoms with van der Waals surface area (Å²) >= 11 is 6.21. The van der Waals surface area contributed by atoms with Gasteiger partial charge in [0.05, 0.1) is 9.73 Å². The summed E-state index contributed by atoms with van der Waals surface area (Å²) in [7, 11) is 0. The van der Waals surface area contributed by atoms with Gasteiger partial charge in [0.25, 0.3) is 5.91 Å². The Morgan fingerprint density at radius 1 is 1.09 bits per heavy atom. The highest BCUT2D eigenvalue weighted by Gasteiger charge is 2.22. The third-order valence-corrected chi connectivity index (χ3v) is 7.34. The molecule has 1 amide bonds. The first kappa shape index (κ1) is 21.3. The van der Waals surface area contributed by atoms with Gasteiger partial charge in [0.15, 0.2) is 0 Å². The molecule has 32 heavy (non-hydrogen) atoms. The van der Waals surface area contributed by atoms with Crippen molar-refractivity contribution in [2.75, 3.05) is 6.54 Å². The lowest BCUT2D eigenvalue weighted by atomic mass is 9.99. The molecule has 2 heterocycles. The molecule has 0 radical (unpaired) electrons. The molecule has 1 unspecified atom stereocenters. The van der Waals surface area contributed by atoms with E-state index in [-0.39, 0.29) is 11.9 Å². The lowest BCUT2D eigenvalue weighted by molar-refractivity contribution is 0.0936. The van der Waals surface area contributed by atoms with Crippen LogP contribution in [0.2, 0.25) is 0 Å². The molecular formula is C26H27N3OS2. The Bertz CT molecular complexity index is 1210. The fourth-order valence-electron chi connectivity index (χ4n) is 4.22. The number of carbonyl (C=O) groups excluding carboxylic acids is 1. The zero-order valence-electron chi connectivity index (χ0n) is 17.8. The molecule has 2 aromatic heterocycles. The SMILES string of the molecule is O=C(NC(CCNC1CC1)Cc1ccccc1)c1ccc(-c2ccsc2S)c2[nH]ccc12. The van der Waals surface area contributed by atoms with E-state index in [2.05, 4.69) is 58.6 Å². The summed E-state index contributed by atoms with van der Waals surface area (Å²) < 4.78 is 0.976. The highest BCUT2D eigenvalue weighted by atomic mass is 32.2. The molecule has 1 saturated carbocycles. The van der Waals surface area contributed by atoms with Crippen LogP contribution in [0.3, 0.4) is 0 Å². The standard InChI is InChI=1S/C26H27N3OS2/c30-25(29-19(10-13-27-18-6-7-18)16-17-4-2-1-3-5-17)22-9-8-20(23-12-15-32-26(23)31)24-21(22)11-14-28-24/h1-5,8-9,11-12,14-15,18-19,27-28,31H,6-7,10,13,16H2,(H,29,30). The second kappa shape index (κ2) is 9.53. The van der Waals surface area contributed by atoms with Gasteiger partial charge < -0.3 is 15.6 Å². The molecule has 1 fully saturated rings. The van der Waals surface area contributed by atoms with E-state index in [1.165, 1.54) is 18.4 Å². The average Bonchev–Trinajstić information content (AvgIpc) is 3.31. The number of H-pyrrole nitrogens is 1. The first-order valence-corrected chi connectivity index (χ1v) is 12.5. The number of hydrogen-bond donors (Lipinski definition) is 4. The predicted molar refractivity (Wildman–Crippen MR) is 136 cm³/mol. The number of aromatic nitrogens is 1. The highest BCUT2D eigenvalue weighted by Crippen LogP contribution is 2.36. The number of amides is 1. The minimum Gasteiger partial charge on any atom is -0.361 e. The average molecular weight is 462 g/mol. The van der Waals surface area contributed by atoms with Gasteiger partial charge in [-0.2, -0.15) is 0 Å². The molecule has 0 aliphatic heterocycles. The quantitative estimate of drug-likeness (QED) is 0.243. The number of fused-ring (bicyclic) bond motifs is 1. The van der Waals surface area contributed by atoms with Crippen LogP contribution in [0.15, 0.2) is 70.4 Å².